The Morgan fingerprint density at radius 1 is 1.15 bits per heavy atom. The summed E-state index contributed by atoms with van der Waals surface area (Å²) in [5.41, 5.74) is 1.62. The molecule has 1 heterocycles. The fourth-order valence-electron chi connectivity index (χ4n) is 3.14. The first-order valence-corrected chi connectivity index (χ1v) is 10.3. The Kier molecular flexibility index (Phi) is 6.87. The van der Waals surface area contributed by atoms with Crippen LogP contribution in [0, 0.1) is 5.92 Å². The van der Waals surface area contributed by atoms with Crippen molar-refractivity contribution in [2.45, 2.75) is 19.4 Å². The van der Waals surface area contributed by atoms with E-state index in [1.165, 1.54) is 0 Å². The molecule has 0 saturated carbocycles. The van der Waals surface area contributed by atoms with Gasteiger partial charge >= 0.3 is 0 Å². The summed E-state index contributed by atoms with van der Waals surface area (Å²) < 4.78 is 0.803. The molecule has 1 aliphatic heterocycles. The van der Waals surface area contributed by atoms with Gasteiger partial charge in [-0.05, 0) is 65.6 Å². The van der Waals surface area contributed by atoms with Crippen molar-refractivity contribution in [2.24, 2.45) is 5.92 Å². The van der Waals surface area contributed by atoms with E-state index in [2.05, 4.69) is 26.1 Å². The molecule has 0 spiro atoms. The fraction of sp³-hybridized carbons (Fsp3) is 0.316. The van der Waals surface area contributed by atoms with Gasteiger partial charge in [-0.25, -0.2) is 0 Å². The molecule has 1 fully saturated rings. The molecule has 2 aromatic carbocycles. The lowest BCUT2D eigenvalue weighted by molar-refractivity contribution is -0.121. The highest BCUT2D eigenvalue weighted by Gasteiger charge is 2.26. The Bertz CT molecular complexity index is 795. The quantitative estimate of drug-likeness (QED) is 0.565. The molecule has 3 rings (SSSR count). The average Bonchev–Trinajstić information content (AvgIpc) is 2.62. The maximum Gasteiger partial charge on any atom is 0.228 e. The third kappa shape index (κ3) is 4.93. The molecule has 1 amide bonds. The Hall–Kier alpha value is -0.780. The number of benzene rings is 2. The van der Waals surface area contributed by atoms with Crippen molar-refractivity contribution in [3.8, 4) is 0 Å². The smallest absolute Gasteiger partial charge is 0.228 e. The molecule has 2 aromatic rings. The number of carbonyl (C=O) groups is 1. The van der Waals surface area contributed by atoms with Gasteiger partial charge in [-0.1, -0.05) is 40.9 Å². The van der Waals surface area contributed by atoms with Crippen molar-refractivity contribution in [1.29, 1.82) is 0 Å². The zero-order valence-electron chi connectivity index (χ0n) is 13.9. The van der Waals surface area contributed by atoms with E-state index < -0.39 is 0 Å². The number of amides is 1. The Labute approximate surface area is 176 Å². The van der Waals surface area contributed by atoms with E-state index in [9.17, 15) is 4.79 Å². The predicted molar refractivity (Wildman–Crippen MR) is 112 cm³/mol. The number of likely N-dealkylation sites (tertiary alicyclic amines) is 1. The van der Waals surface area contributed by atoms with E-state index in [-0.39, 0.29) is 11.8 Å². The number of hydrogen-bond acceptors (Lipinski definition) is 2. The number of halogens is 4. The van der Waals surface area contributed by atoms with Crippen LogP contribution in [0.25, 0.3) is 0 Å². The van der Waals surface area contributed by atoms with Crippen molar-refractivity contribution in [1.82, 2.24) is 4.90 Å². The van der Waals surface area contributed by atoms with Crippen molar-refractivity contribution < 1.29 is 4.79 Å². The lowest BCUT2D eigenvalue weighted by atomic mass is 9.96. The van der Waals surface area contributed by atoms with E-state index in [4.69, 9.17) is 34.8 Å². The lowest BCUT2D eigenvalue weighted by Gasteiger charge is -2.32. The third-order valence-corrected chi connectivity index (χ3v) is 6.45. The molecule has 0 radical (unpaired) electrons. The van der Waals surface area contributed by atoms with E-state index >= 15 is 0 Å². The van der Waals surface area contributed by atoms with Crippen LogP contribution in [0.5, 0.6) is 0 Å². The van der Waals surface area contributed by atoms with Gasteiger partial charge < -0.3 is 5.32 Å². The summed E-state index contributed by atoms with van der Waals surface area (Å²) >= 11 is 22.0. The lowest BCUT2D eigenvalue weighted by Crippen LogP contribution is -2.40. The maximum atomic E-state index is 12.7. The second-order valence-electron chi connectivity index (χ2n) is 6.39. The minimum Gasteiger partial charge on any atom is -0.326 e. The van der Waals surface area contributed by atoms with Crippen LogP contribution in [0.3, 0.4) is 0 Å². The largest absolute Gasteiger partial charge is 0.326 e. The van der Waals surface area contributed by atoms with E-state index in [0.717, 1.165) is 29.4 Å². The molecule has 26 heavy (non-hydrogen) atoms. The zero-order valence-corrected chi connectivity index (χ0v) is 17.8. The zero-order chi connectivity index (χ0) is 18.7. The van der Waals surface area contributed by atoms with E-state index in [0.29, 0.717) is 33.8 Å². The van der Waals surface area contributed by atoms with Gasteiger partial charge in [0.25, 0.3) is 0 Å². The number of nitrogens with one attached hydrogen (secondary N) is 1. The minimum atomic E-state index is -0.0764. The van der Waals surface area contributed by atoms with Crippen molar-refractivity contribution in [2.75, 3.05) is 18.4 Å². The topological polar surface area (TPSA) is 32.3 Å². The van der Waals surface area contributed by atoms with Crippen LogP contribution in [0.15, 0.2) is 40.9 Å². The molecule has 138 valence electrons. The van der Waals surface area contributed by atoms with Crippen molar-refractivity contribution >= 4 is 62.3 Å². The molecule has 0 aromatic heterocycles. The summed E-state index contributed by atoms with van der Waals surface area (Å²) in [5.74, 6) is -0.0641. The number of carbonyl (C=O) groups excluding carboxylic acids is 1. The Morgan fingerprint density at radius 2 is 1.88 bits per heavy atom. The highest BCUT2D eigenvalue weighted by atomic mass is 79.9. The van der Waals surface area contributed by atoms with E-state index in [1.807, 2.05) is 30.3 Å². The first kappa shape index (κ1) is 20.0. The first-order chi connectivity index (χ1) is 12.4. The van der Waals surface area contributed by atoms with Crippen LogP contribution in [0.2, 0.25) is 15.1 Å². The highest BCUT2D eigenvalue weighted by Crippen LogP contribution is 2.29. The van der Waals surface area contributed by atoms with Gasteiger partial charge in [-0.2, -0.15) is 0 Å². The summed E-state index contributed by atoms with van der Waals surface area (Å²) in [6.07, 6.45) is 1.82. The molecule has 1 aliphatic rings. The van der Waals surface area contributed by atoms with Crippen LogP contribution in [0.1, 0.15) is 18.4 Å². The number of nitrogens with zero attached hydrogens (tertiary/aromatic N) is 1. The summed E-state index contributed by atoms with van der Waals surface area (Å²) in [4.78, 5) is 14.9. The summed E-state index contributed by atoms with van der Waals surface area (Å²) in [6.45, 7) is 2.25. The number of anilines is 1. The summed E-state index contributed by atoms with van der Waals surface area (Å²) in [5, 5.41) is 4.86. The van der Waals surface area contributed by atoms with Gasteiger partial charge in [-0.3, -0.25) is 9.69 Å². The molecule has 0 aliphatic carbocycles. The molecule has 0 bridgehead atoms. The molecule has 1 saturated heterocycles. The van der Waals surface area contributed by atoms with Gasteiger partial charge in [0.1, 0.15) is 0 Å². The summed E-state index contributed by atoms with van der Waals surface area (Å²) in [7, 11) is 0. The normalized spacial score (nSPS) is 17.9. The molecule has 3 nitrogen and oxygen atoms in total. The number of piperidine rings is 1. The second-order valence-corrected chi connectivity index (χ2v) is 8.47. The predicted octanol–water partition coefficient (Wildman–Crippen LogP) is 6.26. The second kappa shape index (κ2) is 8.94. The maximum absolute atomic E-state index is 12.7. The van der Waals surface area contributed by atoms with Crippen LogP contribution in [-0.2, 0) is 11.3 Å². The Balaban J connectivity index is 1.64. The van der Waals surface area contributed by atoms with Gasteiger partial charge in [0.15, 0.2) is 0 Å². The number of hydrogen-bond donors (Lipinski definition) is 1. The van der Waals surface area contributed by atoms with Crippen LogP contribution >= 0.6 is 50.7 Å². The number of rotatable bonds is 4. The molecule has 7 heteroatoms. The molecule has 1 N–H and O–H groups in total. The minimum absolute atomic E-state index is 0.0124. The standard InChI is InChI=1S/C19H18BrCl3N2O/c20-15-7-6-13(9-18(15)23)24-19(26)12-3-2-8-25(10-12)11-14-16(21)4-1-5-17(14)22/h1,4-7,9,12H,2-3,8,10-11H2,(H,24,26). The summed E-state index contributed by atoms with van der Waals surface area (Å²) in [6, 6.07) is 10.9. The highest BCUT2D eigenvalue weighted by molar-refractivity contribution is 9.10. The molecular formula is C19H18BrCl3N2O. The van der Waals surface area contributed by atoms with Gasteiger partial charge in [-0.15, -0.1) is 0 Å². The average molecular weight is 477 g/mol. The van der Waals surface area contributed by atoms with Crippen LogP contribution < -0.4 is 5.32 Å². The monoisotopic (exact) mass is 474 g/mol. The van der Waals surface area contributed by atoms with E-state index in [1.54, 1.807) is 6.07 Å². The van der Waals surface area contributed by atoms with Gasteiger partial charge in [0, 0.05) is 38.9 Å². The molecule has 1 unspecified atom stereocenters. The van der Waals surface area contributed by atoms with Gasteiger partial charge in [0.05, 0.1) is 10.9 Å². The first-order valence-electron chi connectivity index (χ1n) is 8.35. The van der Waals surface area contributed by atoms with Crippen molar-refractivity contribution in [3.63, 3.8) is 0 Å². The van der Waals surface area contributed by atoms with Gasteiger partial charge in [0.2, 0.25) is 5.91 Å². The fourth-order valence-corrected chi connectivity index (χ4v) is 4.08. The SMILES string of the molecule is O=C(Nc1ccc(Br)c(Cl)c1)C1CCCN(Cc2c(Cl)cccc2Cl)C1. The van der Waals surface area contributed by atoms with Crippen LogP contribution in [-0.4, -0.2) is 23.9 Å². The molecule has 1 atom stereocenters. The van der Waals surface area contributed by atoms with Crippen LogP contribution in [0.4, 0.5) is 5.69 Å². The Morgan fingerprint density at radius 3 is 2.58 bits per heavy atom. The third-order valence-electron chi connectivity index (χ3n) is 4.51. The molecular weight excluding hydrogens is 458 g/mol. The van der Waals surface area contributed by atoms with Crippen molar-refractivity contribution in [3.05, 3.63) is 61.5 Å².